The Morgan fingerprint density at radius 3 is 2.78 bits per heavy atom. The van der Waals surface area contributed by atoms with E-state index < -0.39 is 0 Å². The third-order valence-corrected chi connectivity index (χ3v) is 1.12. The van der Waals surface area contributed by atoms with Crippen LogP contribution in [0.4, 0.5) is 0 Å². The zero-order valence-corrected chi connectivity index (χ0v) is 6.32. The topological polar surface area (TPSA) is 17.1 Å². The first-order valence-electron chi connectivity index (χ1n) is 3.00. The van der Waals surface area contributed by atoms with E-state index >= 15 is 0 Å². The number of carbonyl (C=O) groups is 1. The van der Waals surface area contributed by atoms with Gasteiger partial charge in [-0.05, 0) is 25.8 Å². The minimum Gasteiger partial charge on any atom is -0.295 e. The second-order valence-electron chi connectivity index (χ2n) is 1.84. The van der Waals surface area contributed by atoms with E-state index in [1.54, 1.807) is 6.08 Å². The second-order valence-corrected chi connectivity index (χ2v) is 2.22. The summed E-state index contributed by atoms with van der Waals surface area (Å²) in [5, 5.41) is 0. The lowest BCUT2D eigenvalue weighted by Crippen LogP contribution is -1.79. The van der Waals surface area contributed by atoms with E-state index in [0.29, 0.717) is 5.88 Å². The largest absolute Gasteiger partial charge is 0.295 e. The molecule has 52 valence electrons. The maximum absolute atomic E-state index is 10.3. The highest BCUT2D eigenvalue weighted by atomic mass is 35.5. The molecule has 0 radical (unpaired) electrons. The maximum atomic E-state index is 10.3. The van der Waals surface area contributed by atoms with Gasteiger partial charge < -0.3 is 0 Å². The molecule has 2 heteroatoms. The minimum atomic E-state index is 0.101. The summed E-state index contributed by atoms with van der Waals surface area (Å²) in [6.07, 6.45) is 5.28. The van der Waals surface area contributed by atoms with Crippen molar-refractivity contribution in [3.05, 3.63) is 12.2 Å². The van der Waals surface area contributed by atoms with Crippen molar-refractivity contribution in [3.8, 4) is 0 Å². The van der Waals surface area contributed by atoms with Gasteiger partial charge >= 0.3 is 0 Å². The van der Waals surface area contributed by atoms with Crippen molar-refractivity contribution in [3.63, 3.8) is 0 Å². The van der Waals surface area contributed by atoms with Gasteiger partial charge in [0, 0.05) is 5.88 Å². The second kappa shape index (κ2) is 5.83. The number of carbonyl (C=O) groups excluding carboxylic acids is 1. The highest BCUT2D eigenvalue weighted by Gasteiger charge is 1.81. The summed E-state index contributed by atoms with van der Waals surface area (Å²) in [5.41, 5.74) is 0. The molecule has 0 fully saturated rings. The van der Waals surface area contributed by atoms with E-state index in [4.69, 9.17) is 11.6 Å². The van der Waals surface area contributed by atoms with Crippen molar-refractivity contribution in [1.29, 1.82) is 0 Å². The van der Waals surface area contributed by atoms with Crippen LogP contribution in [0.2, 0.25) is 0 Å². The standard InChI is InChI=1S/C7H11ClO/c1-7(9)5-3-2-4-6-8/h3,5H,2,4,6H2,1H3/b5-3+. The number of alkyl halides is 1. The molecule has 0 aliphatic heterocycles. The Bertz CT molecular complexity index is 107. The first kappa shape index (κ1) is 8.70. The molecule has 0 N–H and O–H groups in total. The average Bonchev–Trinajstić information content (AvgIpc) is 1.80. The molecule has 0 aromatic carbocycles. The number of rotatable bonds is 4. The molecule has 0 atom stereocenters. The Labute approximate surface area is 60.7 Å². The quantitative estimate of drug-likeness (QED) is 0.338. The fraction of sp³-hybridized carbons (Fsp3) is 0.571. The molecule has 1 nitrogen and oxygen atoms in total. The van der Waals surface area contributed by atoms with E-state index in [2.05, 4.69) is 0 Å². The lowest BCUT2D eigenvalue weighted by Gasteiger charge is -1.84. The Kier molecular flexibility index (Phi) is 5.64. The molecule has 0 rings (SSSR count). The van der Waals surface area contributed by atoms with Gasteiger partial charge in [0.2, 0.25) is 0 Å². The summed E-state index contributed by atoms with van der Waals surface area (Å²) < 4.78 is 0. The average molecular weight is 147 g/mol. The number of allylic oxidation sites excluding steroid dienone is 2. The van der Waals surface area contributed by atoms with Crippen molar-refractivity contribution in [2.75, 3.05) is 5.88 Å². The Balaban J connectivity index is 3.15. The summed E-state index contributed by atoms with van der Waals surface area (Å²) in [4.78, 5) is 10.3. The fourth-order valence-electron chi connectivity index (χ4n) is 0.444. The number of hydrogen-bond acceptors (Lipinski definition) is 1. The molecular weight excluding hydrogens is 136 g/mol. The smallest absolute Gasteiger partial charge is 0.152 e. The zero-order valence-electron chi connectivity index (χ0n) is 5.56. The van der Waals surface area contributed by atoms with Gasteiger partial charge in [0.25, 0.3) is 0 Å². The van der Waals surface area contributed by atoms with Crippen LogP contribution in [0, 0.1) is 0 Å². The van der Waals surface area contributed by atoms with Gasteiger partial charge in [-0.15, -0.1) is 11.6 Å². The van der Waals surface area contributed by atoms with Crippen molar-refractivity contribution in [1.82, 2.24) is 0 Å². The van der Waals surface area contributed by atoms with Gasteiger partial charge in [-0.1, -0.05) is 6.08 Å². The highest BCUT2D eigenvalue weighted by molar-refractivity contribution is 6.17. The molecule has 0 aromatic heterocycles. The molecule has 0 unspecified atom stereocenters. The predicted octanol–water partition coefficient (Wildman–Crippen LogP) is 2.15. The van der Waals surface area contributed by atoms with Crippen LogP contribution in [0.1, 0.15) is 19.8 Å². The summed E-state index contributed by atoms with van der Waals surface area (Å²) in [7, 11) is 0. The Hall–Kier alpha value is -0.300. The van der Waals surface area contributed by atoms with E-state index in [1.807, 2.05) is 6.08 Å². The third kappa shape index (κ3) is 7.70. The molecule has 0 saturated carbocycles. The molecule has 0 aliphatic rings. The molecule has 0 aliphatic carbocycles. The van der Waals surface area contributed by atoms with Gasteiger partial charge in [0.05, 0.1) is 0 Å². The first-order chi connectivity index (χ1) is 4.27. The van der Waals surface area contributed by atoms with E-state index in [1.165, 1.54) is 6.92 Å². The summed E-state index contributed by atoms with van der Waals surface area (Å²) in [6.45, 7) is 1.54. The normalized spacial score (nSPS) is 10.4. The lowest BCUT2D eigenvalue weighted by molar-refractivity contribution is -0.112. The summed E-state index contributed by atoms with van der Waals surface area (Å²) >= 11 is 5.40. The lowest BCUT2D eigenvalue weighted by atomic mass is 10.3. The monoisotopic (exact) mass is 146 g/mol. The molecule has 0 aromatic rings. The van der Waals surface area contributed by atoms with Crippen molar-refractivity contribution in [2.24, 2.45) is 0 Å². The molecule has 9 heavy (non-hydrogen) atoms. The van der Waals surface area contributed by atoms with Gasteiger partial charge in [0.1, 0.15) is 0 Å². The Morgan fingerprint density at radius 2 is 2.33 bits per heavy atom. The molecule has 0 heterocycles. The third-order valence-electron chi connectivity index (χ3n) is 0.857. The fourth-order valence-corrected chi connectivity index (χ4v) is 0.599. The van der Waals surface area contributed by atoms with Crippen molar-refractivity contribution in [2.45, 2.75) is 19.8 Å². The van der Waals surface area contributed by atoms with Crippen LogP contribution in [0.15, 0.2) is 12.2 Å². The Morgan fingerprint density at radius 1 is 1.67 bits per heavy atom. The summed E-state index contributed by atoms with van der Waals surface area (Å²) in [6, 6.07) is 0. The van der Waals surface area contributed by atoms with Gasteiger partial charge in [0.15, 0.2) is 5.78 Å². The highest BCUT2D eigenvalue weighted by Crippen LogP contribution is 1.92. The number of ketones is 1. The van der Waals surface area contributed by atoms with Crippen LogP contribution in [0.5, 0.6) is 0 Å². The van der Waals surface area contributed by atoms with Crippen LogP contribution >= 0.6 is 11.6 Å². The molecule has 0 spiro atoms. The van der Waals surface area contributed by atoms with E-state index in [-0.39, 0.29) is 5.78 Å². The first-order valence-corrected chi connectivity index (χ1v) is 3.54. The molecule has 0 bridgehead atoms. The van der Waals surface area contributed by atoms with Crippen LogP contribution in [0.25, 0.3) is 0 Å². The zero-order chi connectivity index (χ0) is 7.11. The number of unbranched alkanes of at least 4 members (excludes halogenated alkanes) is 1. The van der Waals surface area contributed by atoms with Crippen LogP contribution in [0.3, 0.4) is 0 Å². The van der Waals surface area contributed by atoms with Gasteiger partial charge in [-0.3, -0.25) is 4.79 Å². The summed E-state index contributed by atoms with van der Waals surface area (Å²) in [5.74, 6) is 0.770. The predicted molar refractivity (Wildman–Crippen MR) is 39.8 cm³/mol. The van der Waals surface area contributed by atoms with E-state index in [0.717, 1.165) is 12.8 Å². The van der Waals surface area contributed by atoms with Crippen LogP contribution in [-0.2, 0) is 4.79 Å². The van der Waals surface area contributed by atoms with Gasteiger partial charge in [-0.2, -0.15) is 0 Å². The van der Waals surface area contributed by atoms with Crippen molar-refractivity contribution >= 4 is 17.4 Å². The van der Waals surface area contributed by atoms with Crippen LogP contribution in [-0.4, -0.2) is 11.7 Å². The molecular formula is C7H11ClO. The minimum absolute atomic E-state index is 0.101. The molecule has 0 amide bonds. The van der Waals surface area contributed by atoms with Crippen molar-refractivity contribution < 1.29 is 4.79 Å². The number of halogens is 1. The van der Waals surface area contributed by atoms with Gasteiger partial charge in [-0.25, -0.2) is 0 Å². The molecule has 0 saturated heterocycles. The van der Waals surface area contributed by atoms with Crippen LogP contribution < -0.4 is 0 Å². The maximum Gasteiger partial charge on any atom is 0.152 e. The SMILES string of the molecule is CC(=O)/C=C/CCCCl. The van der Waals surface area contributed by atoms with E-state index in [9.17, 15) is 4.79 Å². The number of hydrogen-bond donors (Lipinski definition) is 0.